The molecule has 0 N–H and O–H groups in total. The quantitative estimate of drug-likeness (QED) is 0.471. The second kappa shape index (κ2) is 6.12. The van der Waals surface area contributed by atoms with Gasteiger partial charge in [0.2, 0.25) is 0 Å². The van der Waals surface area contributed by atoms with Gasteiger partial charge in [-0.15, -0.1) is 0 Å². The van der Waals surface area contributed by atoms with Gasteiger partial charge in [-0.05, 0) is 12.5 Å². The minimum Gasteiger partial charge on any atom is -0.258 e. The third-order valence-corrected chi connectivity index (χ3v) is 2.73. The van der Waals surface area contributed by atoms with E-state index >= 15 is 0 Å². The number of benzene rings is 1. The van der Waals surface area contributed by atoms with E-state index in [1.165, 1.54) is 6.07 Å². The lowest BCUT2D eigenvalue weighted by atomic mass is 10.1. The molecule has 4 nitrogen and oxygen atoms in total. The van der Waals surface area contributed by atoms with Crippen LogP contribution in [0.5, 0.6) is 0 Å². The molecule has 0 bridgehead atoms. The fourth-order valence-electron chi connectivity index (χ4n) is 1.42. The van der Waals surface area contributed by atoms with Crippen LogP contribution in [-0.4, -0.2) is 4.92 Å². The van der Waals surface area contributed by atoms with Crippen molar-refractivity contribution in [3.05, 3.63) is 45.3 Å². The molecule has 0 aromatic heterocycles. The fourth-order valence-corrected chi connectivity index (χ4v) is 1.71. The lowest BCUT2D eigenvalue weighted by molar-refractivity contribution is -0.385. The van der Waals surface area contributed by atoms with Crippen molar-refractivity contribution in [1.29, 1.82) is 5.26 Å². The van der Waals surface area contributed by atoms with Crippen LogP contribution >= 0.6 is 11.6 Å². The molecule has 0 heterocycles. The Morgan fingerprint density at radius 1 is 1.61 bits per heavy atom. The Morgan fingerprint density at radius 2 is 2.28 bits per heavy atom. The van der Waals surface area contributed by atoms with E-state index in [0.29, 0.717) is 12.8 Å². The maximum absolute atomic E-state index is 13.7. The highest BCUT2D eigenvalue weighted by Crippen LogP contribution is 2.29. The number of allylic oxidation sites excluding steroid dienone is 1. The minimum atomic E-state index is -0.807. The van der Waals surface area contributed by atoms with Crippen LogP contribution in [0.3, 0.4) is 0 Å². The lowest BCUT2D eigenvalue weighted by Gasteiger charge is -2.04. The van der Waals surface area contributed by atoms with Gasteiger partial charge in [-0.1, -0.05) is 24.9 Å². The zero-order valence-electron chi connectivity index (χ0n) is 9.61. The average Bonchev–Trinajstić information content (AvgIpc) is 2.34. The molecule has 18 heavy (non-hydrogen) atoms. The molecule has 6 heteroatoms. The van der Waals surface area contributed by atoms with Gasteiger partial charge in [0.25, 0.3) is 5.69 Å². The predicted molar refractivity (Wildman–Crippen MR) is 66.3 cm³/mol. The molecule has 0 amide bonds. The number of halogens is 2. The first-order valence-corrected chi connectivity index (χ1v) is 5.62. The Morgan fingerprint density at radius 3 is 2.72 bits per heavy atom. The van der Waals surface area contributed by atoms with E-state index in [9.17, 15) is 14.5 Å². The molecule has 1 rings (SSSR count). The second-order valence-corrected chi connectivity index (χ2v) is 3.95. The number of non-ortho nitro benzene ring substituents is 1. The SMILES string of the molecule is CCCC(C#N)=C(Cl)c1ccc([N+](=O)[O-])cc1F. The number of hydrogen-bond donors (Lipinski definition) is 0. The molecule has 0 spiro atoms. The zero-order valence-corrected chi connectivity index (χ0v) is 10.4. The van der Waals surface area contributed by atoms with Gasteiger partial charge in [-0.2, -0.15) is 5.26 Å². The number of hydrogen-bond acceptors (Lipinski definition) is 3. The van der Waals surface area contributed by atoms with Crippen LogP contribution in [0.1, 0.15) is 25.3 Å². The topological polar surface area (TPSA) is 66.9 Å². The van der Waals surface area contributed by atoms with Crippen LogP contribution in [0.25, 0.3) is 5.03 Å². The number of nitro groups is 1. The highest BCUT2D eigenvalue weighted by molar-refractivity contribution is 6.49. The van der Waals surface area contributed by atoms with E-state index in [-0.39, 0.29) is 21.9 Å². The van der Waals surface area contributed by atoms with E-state index in [1.54, 1.807) is 0 Å². The molecule has 0 radical (unpaired) electrons. The smallest absolute Gasteiger partial charge is 0.258 e. The van der Waals surface area contributed by atoms with Crippen molar-refractivity contribution in [3.8, 4) is 6.07 Å². The summed E-state index contributed by atoms with van der Waals surface area (Å²) in [6.45, 7) is 1.87. The number of rotatable bonds is 4. The molecule has 0 aliphatic carbocycles. The first-order valence-electron chi connectivity index (χ1n) is 5.24. The van der Waals surface area contributed by atoms with Gasteiger partial charge in [-0.25, -0.2) is 4.39 Å². The molecule has 0 saturated carbocycles. The van der Waals surface area contributed by atoms with Crippen molar-refractivity contribution >= 4 is 22.3 Å². The van der Waals surface area contributed by atoms with Crippen molar-refractivity contribution < 1.29 is 9.31 Å². The monoisotopic (exact) mass is 268 g/mol. The number of nitro benzene ring substituents is 1. The summed E-state index contributed by atoms with van der Waals surface area (Å²) in [6, 6.07) is 5.07. The molecular weight excluding hydrogens is 259 g/mol. The summed E-state index contributed by atoms with van der Waals surface area (Å²) in [5.74, 6) is -0.807. The van der Waals surface area contributed by atoms with E-state index in [4.69, 9.17) is 16.9 Å². The summed E-state index contributed by atoms with van der Waals surface area (Å²) in [7, 11) is 0. The summed E-state index contributed by atoms with van der Waals surface area (Å²) in [4.78, 5) is 9.78. The summed E-state index contributed by atoms with van der Waals surface area (Å²) in [5, 5.41) is 19.4. The largest absolute Gasteiger partial charge is 0.272 e. The number of nitriles is 1. The first-order chi connectivity index (χ1) is 8.51. The molecule has 94 valence electrons. The standard InChI is InChI=1S/C12H10ClFN2O2/c1-2-3-8(7-15)12(13)10-5-4-9(16(17)18)6-11(10)14/h4-6H,2-3H2,1H3. The van der Waals surface area contributed by atoms with E-state index in [0.717, 1.165) is 12.1 Å². The van der Waals surface area contributed by atoms with Crippen LogP contribution in [-0.2, 0) is 0 Å². The molecule has 0 fully saturated rings. The van der Waals surface area contributed by atoms with Gasteiger partial charge in [0, 0.05) is 17.2 Å². The Labute approximate surface area is 108 Å². The Hall–Kier alpha value is -1.93. The van der Waals surface area contributed by atoms with E-state index < -0.39 is 10.7 Å². The van der Waals surface area contributed by atoms with Crippen molar-refractivity contribution in [3.63, 3.8) is 0 Å². The van der Waals surface area contributed by atoms with Crippen molar-refractivity contribution in [2.75, 3.05) is 0 Å². The van der Waals surface area contributed by atoms with E-state index in [2.05, 4.69) is 0 Å². The van der Waals surface area contributed by atoms with Gasteiger partial charge in [0.1, 0.15) is 5.82 Å². The maximum atomic E-state index is 13.7. The third-order valence-electron chi connectivity index (χ3n) is 2.30. The summed E-state index contributed by atoms with van der Waals surface area (Å²) >= 11 is 5.94. The van der Waals surface area contributed by atoms with Gasteiger partial charge >= 0.3 is 0 Å². The Kier molecular flexibility index (Phi) is 4.81. The maximum Gasteiger partial charge on any atom is 0.272 e. The van der Waals surface area contributed by atoms with Gasteiger partial charge < -0.3 is 0 Å². The molecule has 0 saturated heterocycles. The summed E-state index contributed by atoms with van der Waals surface area (Å²) in [6.07, 6.45) is 1.14. The van der Waals surface area contributed by atoms with Crippen LogP contribution in [0.15, 0.2) is 23.8 Å². The van der Waals surface area contributed by atoms with Gasteiger partial charge in [0.05, 0.1) is 22.1 Å². The zero-order chi connectivity index (χ0) is 13.7. The second-order valence-electron chi connectivity index (χ2n) is 3.58. The summed E-state index contributed by atoms with van der Waals surface area (Å²) < 4.78 is 13.7. The van der Waals surface area contributed by atoms with E-state index in [1.807, 2.05) is 13.0 Å². The van der Waals surface area contributed by atoms with Crippen LogP contribution < -0.4 is 0 Å². The van der Waals surface area contributed by atoms with Crippen molar-refractivity contribution in [2.45, 2.75) is 19.8 Å². The molecule has 0 aliphatic rings. The van der Waals surface area contributed by atoms with Crippen molar-refractivity contribution in [1.82, 2.24) is 0 Å². The van der Waals surface area contributed by atoms with Gasteiger partial charge in [0.15, 0.2) is 0 Å². The summed E-state index contributed by atoms with van der Waals surface area (Å²) in [5.41, 5.74) is -0.0751. The molecule has 0 aliphatic heterocycles. The first kappa shape index (κ1) is 14.1. The van der Waals surface area contributed by atoms with Crippen LogP contribution in [0, 0.1) is 27.3 Å². The average molecular weight is 269 g/mol. The fraction of sp³-hybridized carbons (Fsp3) is 0.250. The van der Waals surface area contributed by atoms with Crippen LogP contribution in [0.4, 0.5) is 10.1 Å². The predicted octanol–water partition coefficient (Wildman–Crippen LogP) is 4.01. The molecule has 1 aromatic rings. The Bertz CT molecular complexity index is 549. The van der Waals surface area contributed by atoms with Gasteiger partial charge in [-0.3, -0.25) is 10.1 Å². The van der Waals surface area contributed by atoms with Crippen LogP contribution in [0.2, 0.25) is 0 Å². The molecular formula is C12H10ClFN2O2. The lowest BCUT2D eigenvalue weighted by Crippen LogP contribution is -1.93. The Balaban J connectivity index is 3.26. The molecule has 1 aromatic carbocycles. The highest BCUT2D eigenvalue weighted by atomic mass is 35.5. The van der Waals surface area contributed by atoms with Crippen molar-refractivity contribution in [2.24, 2.45) is 0 Å². The number of nitrogens with zero attached hydrogens (tertiary/aromatic N) is 2. The highest BCUT2D eigenvalue weighted by Gasteiger charge is 2.15. The third kappa shape index (κ3) is 3.05. The molecule has 0 atom stereocenters. The normalized spacial score (nSPS) is 11.7. The molecule has 0 unspecified atom stereocenters. The minimum absolute atomic E-state index is 0.00625.